The molecule has 0 aliphatic carbocycles. The second kappa shape index (κ2) is 8.29. The molecule has 4 heteroatoms. The lowest BCUT2D eigenvalue weighted by molar-refractivity contribution is -0.121. The number of amides is 2. The molecule has 24 heavy (non-hydrogen) atoms. The number of nitrogens with one attached hydrogen (secondary N) is 1. The van der Waals surface area contributed by atoms with Gasteiger partial charge in [0.05, 0.1) is 0 Å². The van der Waals surface area contributed by atoms with E-state index in [1.54, 1.807) is 4.90 Å². The van der Waals surface area contributed by atoms with Crippen molar-refractivity contribution >= 4 is 17.5 Å². The van der Waals surface area contributed by atoms with Crippen LogP contribution in [0.3, 0.4) is 0 Å². The average molecular weight is 324 g/mol. The van der Waals surface area contributed by atoms with Crippen LogP contribution in [-0.2, 0) is 16.1 Å². The van der Waals surface area contributed by atoms with Gasteiger partial charge in [-0.05, 0) is 31.0 Å². The Morgan fingerprint density at radius 3 is 2.29 bits per heavy atom. The molecule has 0 bridgehead atoms. The highest BCUT2D eigenvalue weighted by atomic mass is 16.2. The van der Waals surface area contributed by atoms with E-state index in [1.807, 2.05) is 62.4 Å². The van der Waals surface area contributed by atoms with E-state index < -0.39 is 0 Å². The molecule has 126 valence electrons. The molecule has 0 atom stereocenters. The van der Waals surface area contributed by atoms with Crippen molar-refractivity contribution in [3.8, 4) is 0 Å². The first-order chi connectivity index (χ1) is 11.5. The lowest BCUT2D eigenvalue weighted by Crippen LogP contribution is -2.34. The van der Waals surface area contributed by atoms with Crippen molar-refractivity contribution in [1.82, 2.24) is 5.32 Å². The number of rotatable bonds is 6. The highest BCUT2D eigenvalue weighted by Gasteiger charge is 2.14. The average Bonchev–Trinajstić information content (AvgIpc) is 2.56. The van der Waals surface area contributed by atoms with Gasteiger partial charge in [-0.1, -0.05) is 48.0 Å². The maximum Gasteiger partial charge on any atom is 0.223 e. The van der Waals surface area contributed by atoms with Crippen LogP contribution in [0.25, 0.3) is 0 Å². The lowest BCUT2D eigenvalue weighted by atomic mass is 10.1. The third-order valence-corrected chi connectivity index (χ3v) is 3.96. The summed E-state index contributed by atoms with van der Waals surface area (Å²) in [7, 11) is 0. The van der Waals surface area contributed by atoms with Gasteiger partial charge in [-0.15, -0.1) is 0 Å². The third kappa shape index (κ3) is 4.95. The normalized spacial score (nSPS) is 10.3. The summed E-state index contributed by atoms with van der Waals surface area (Å²) in [5.41, 5.74) is 4.14. The number of benzene rings is 2. The number of aryl methyl sites for hydroxylation is 2. The van der Waals surface area contributed by atoms with Gasteiger partial charge in [0.2, 0.25) is 11.8 Å². The lowest BCUT2D eigenvalue weighted by Gasteiger charge is -2.22. The van der Waals surface area contributed by atoms with Crippen molar-refractivity contribution < 1.29 is 9.59 Å². The van der Waals surface area contributed by atoms with Gasteiger partial charge >= 0.3 is 0 Å². The Hall–Kier alpha value is -2.62. The molecule has 1 N–H and O–H groups in total. The zero-order valence-electron chi connectivity index (χ0n) is 14.5. The summed E-state index contributed by atoms with van der Waals surface area (Å²) in [6.45, 7) is 6.40. The number of para-hydroxylation sites is 1. The molecule has 2 amide bonds. The van der Waals surface area contributed by atoms with Crippen LogP contribution in [0.15, 0.2) is 48.5 Å². The predicted molar refractivity (Wildman–Crippen MR) is 96.8 cm³/mol. The van der Waals surface area contributed by atoms with Gasteiger partial charge in [-0.2, -0.15) is 0 Å². The van der Waals surface area contributed by atoms with Crippen molar-refractivity contribution in [2.24, 2.45) is 0 Å². The van der Waals surface area contributed by atoms with Crippen molar-refractivity contribution in [3.05, 3.63) is 65.2 Å². The number of anilines is 1. The predicted octanol–water partition coefficient (Wildman–Crippen LogP) is 3.36. The van der Waals surface area contributed by atoms with Crippen LogP contribution in [0.1, 0.15) is 30.0 Å². The molecule has 2 aromatic rings. The second-order valence-electron chi connectivity index (χ2n) is 5.97. The Morgan fingerprint density at radius 1 is 1.00 bits per heavy atom. The number of hydrogen-bond donors (Lipinski definition) is 1. The zero-order valence-corrected chi connectivity index (χ0v) is 14.5. The molecule has 0 unspecified atom stereocenters. The largest absolute Gasteiger partial charge is 0.352 e. The molecular weight excluding hydrogens is 300 g/mol. The Kier molecular flexibility index (Phi) is 6.13. The Morgan fingerprint density at radius 2 is 1.67 bits per heavy atom. The van der Waals surface area contributed by atoms with Gasteiger partial charge in [-0.3, -0.25) is 9.59 Å². The summed E-state index contributed by atoms with van der Waals surface area (Å²) in [5, 5.41) is 2.90. The molecule has 0 aliphatic heterocycles. The van der Waals surface area contributed by atoms with Gasteiger partial charge in [0.25, 0.3) is 0 Å². The van der Waals surface area contributed by atoms with Crippen molar-refractivity contribution in [2.75, 3.05) is 11.4 Å². The summed E-state index contributed by atoms with van der Waals surface area (Å²) < 4.78 is 0. The number of carbonyl (C=O) groups excluding carboxylic acids is 2. The highest BCUT2D eigenvalue weighted by Crippen LogP contribution is 2.19. The molecule has 2 rings (SSSR count). The maximum atomic E-state index is 12.1. The maximum absolute atomic E-state index is 12.1. The Balaban J connectivity index is 1.90. The molecule has 4 nitrogen and oxygen atoms in total. The SMILES string of the molecule is CC(=O)N(CCC(=O)NCc1ccc(C)cc1)c1ccccc1C. The fourth-order valence-corrected chi connectivity index (χ4v) is 2.52. The van der Waals surface area contributed by atoms with Gasteiger partial charge < -0.3 is 10.2 Å². The van der Waals surface area contributed by atoms with Crippen LogP contribution in [-0.4, -0.2) is 18.4 Å². The van der Waals surface area contributed by atoms with Gasteiger partial charge in [0.15, 0.2) is 0 Å². The van der Waals surface area contributed by atoms with Gasteiger partial charge in [0, 0.05) is 32.1 Å². The Labute approximate surface area is 143 Å². The fourth-order valence-electron chi connectivity index (χ4n) is 2.52. The molecule has 0 aromatic heterocycles. The molecule has 0 saturated heterocycles. The van der Waals surface area contributed by atoms with E-state index in [1.165, 1.54) is 12.5 Å². The van der Waals surface area contributed by atoms with E-state index in [0.29, 0.717) is 13.1 Å². The molecule has 2 aromatic carbocycles. The number of hydrogen-bond acceptors (Lipinski definition) is 2. The Bertz CT molecular complexity index is 708. The molecule has 0 spiro atoms. The molecule has 0 radical (unpaired) electrons. The zero-order chi connectivity index (χ0) is 17.5. The van der Waals surface area contributed by atoms with E-state index in [2.05, 4.69) is 5.32 Å². The van der Waals surface area contributed by atoms with Gasteiger partial charge in [0.1, 0.15) is 0 Å². The van der Waals surface area contributed by atoms with Crippen LogP contribution < -0.4 is 10.2 Å². The van der Waals surface area contributed by atoms with E-state index in [-0.39, 0.29) is 18.2 Å². The summed E-state index contributed by atoms with van der Waals surface area (Å²) in [6, 6.07) is 15.8. The molecule has 0 fully saturated rings. The smallest absolute Gasteiger partial charge is 0.223 e. The summed E-state index contributed by atoms with van der Waals surface area (Å²) >= 11 is 0. The van der Waals surface area contributed by atoms with Crippen molar-refractivity contribution in [2.45, 2.75) is 33.7 Å². The van der Waals surface area contributed by atoms with Crippen LogP contribution >= 0.6 is 0 Å². The van der Waals surface area contributed by atoms with Crippen LogP contribution in [0.2, 0.25) is 0 Å². The van der Waals surface area contributed by atoms with E-state index in [0.717, 1.165) is 16.8 Å². The monoisotopic (exact) mass is 324 g/mol. The minimum Gasteiger partial charge on any atom is -0.352 e. The first-order valence-corrected chi connectivity index (χ1v) is 8.13. The summed E-state index contributed by atoms with van der Waals surface area (Å²) in [4.78, 5) is 25.6. The topological polar surface area (TPSA) is 49.4 Å². The van der Waals surface area contributed by atoms with E-state index >= 15 is 0 Å². The fraction of sp³-hybridized carbons (Fsp3) is 0.300. The van der Waals surface area contributed by atoms with Crippen molar-refractivity contribution in [1.29, 1.82) is 0 Å². The molecule has 0 heterocycles. The summed E-state index contributed by atoms with van der Waals surface area (Å²) in [5.74, 6) is -0.119. The standard InChI is InChI=1S/C20H24N2O2/c1-15-8-10-18(11-9-15)14-21-20(24)12-13-22(17(3)23)19-7-5-4-6-16(19)2/h4-11H,12-14H2,1-3H3,(H,21,24). The highest BCUT2D eigenvalue weighted by molar-refractivity contribution is 5.93. The minimum atomic E-state index is -0.0598. The van der Waals surface area contributed by atoms with Crippen LogP contribution in [0.4, 0.5) is 5.69 Å². The first kappa shape index (κ1) is 17.7. The van der Waals surface area contributed by atoms with Crippen LogP contribution in [0, 0.1) is 13.8 Å². The summed E-state index contributed by atoms with van der Waals surface area (Å²) in [6.07, 6.45) is 0.278. The molecular formula is C20H24N2O2. The van der Waals surface area contributed by atoms with Gasteiger partial charge in [-0.25, -0.2) is 0 Å². The molecule has 0 saturated carbocycles. The number of nitrogens with zero attached hydrogens (tertiary/aromatic N) is 1. The first-order valence-electron chi connectivity index (χ1n) is 8.13. The molecule has 0 aliphatic rings. The quantitative estimate of drug-likeness (QED) is 0.886. The van der Waals surface area contributed by atoms with E-state index in [9.17, 15) is 9.59 Å². The van der Waals surface area contributed by atoms with Crippen molar-refractivity contribution in [3.63, 3.8) is 0 Å². The second-order valence-corrected chi connectivity index (χ2v) is 5.97. The minimum absolute atomic E-state index is 0.0596. The number of carbonyl (C=O) groups is 2. The third-order valence-electron chi connectivity index (χ3n) is 3.96. The van der Waals surface area contributed by atoms with E-state index in [4.69, 9.17) is 0 Å². The van der Waals surface area contributed by atoms with Crippen LogP contribution in [0.5, 0.6) is 0 Å².